The average Bonchev–Trinajstić information content (AvgIpc) is 3.05. The molecule has 1 heterocycles. The number of thiazole rings is 1. The highest BCUT2D eigenvalue weighted by atomic mass is 32.1. The van der Waals surface area contributed by atoms with Gasteiger partial charge in [-0.25, -0.2) is 4.98 Å². The smallest absolute Gasteiger partial charge is 0.387 e. The SMILES string of the molecule is Cc1ccc(C)c(Nc2nc(-c3ccc(OC(F)F)cc3OC(F)F)cs2)c1. The molecule has 28 heavy (non-hydrogen) atoms. The van der Waals surface area contributed by atoms with E-state index in [9.17, 15) is 17.6 Å². The second-order valence-corrected chi connectivity index (χ2v) is 6.75. The molecule has 148 valence electrons. The highest BCUT2D eigenvalue weighted by molar-refractivity contribution is 7.14. The maximum absolute atomic E-state index is 12.7. The number of nitrogens with one attached hydrogen (secondary N) is 1. The van der Waals surface area contributed by atoms with Crippen molar-refractivity contribution in [1.29, 1.82) is 0 Å². The Labute approximate surface area is 162 Å². The molecule has 1 aromatic heterocycles. The van der Waals surface area contributed by atoms with E-state index in [1.54, 1.807) is 5.38 Å². The van der Waals surface area contributed by atoms with Crippen molar-refractivity contribution < 1.29 is 27.0 Å². The zero-order valence-electron chi connectivity index (χ0n) is 14.9. The molecule has 0 amide bonds. The Morgan fingerprint density at radius 1 is 0.964 bits per heavy atom. The number of rotatable bonds is 7. The van der Waals surface area contributed by atoms with Crippen LogP contribution in [0.4, 0.5) is 28.4 Å². The lowest BCUT2D eigenvalue weighted by molar-refractivity contribution is -0.0540. The zero-order valence-corrected chi connectivity index (χ0v) is 15.7. The van der Waals surface area contributed by atoms with Gasteiger partial charge >= 0.3 is 13.2 Å². The van der Waals surface area contributed by atoms with Gasteiger partial charge in [0.2, 0.25) is 0 Å². The third-order valence-corrected chi connectivity index (χ3v) is 4.57. The second kappa shape index (κ2) is 8.47. The molecule has 0 atom stereocenters. The Bertz CT molecular complexity index is 963. The molecule has 0 saturated carbocycles. The Hall–Kier alpha value is -2.81. The predicted octanol–water partition coefficient (Wildman–Crippen LogP) is 6.37. The third kappa shape index (κ3) is 4.92. The van der Waals surface area contributed by atoms with E-state index in [4.69, 9.17) is 0 Å². The first-order chi connectivity index (χ1) is 13.3. The highest BCUT2D eigenvalue weighted by Gasteiger charge is 2.17. The van der Waals surface area contributed by atoms with Crippen molar-refractivity contribution in [2.75, 3.05) is 5.32 Å². The van der Waals surface area contributed by atoms with Gasteiger partial charge in [0.05, 0.1) is 5.69 Å². The minimum atomic E-state index is -3.12. The molecule has 0 aliphatic heterocycles. The largest absolute Gasteiger partial charge is 0.435 e. The normalized spacial score (nSPS) is 11.1. The highest BCUT2D eigenvalue weighted by Crippen LogP contribution is 2.37. The number of aromatic nitrogens is 1. The number of nitrogens with zero attached hydrogens (tertiary/aromatic N) is 1. The summed E-state index contributed by atoms with van der Waals surface area (Å²) in [7, 11) is 0. The fourth-order valence-corrected chi connectivity index (χ4v) is 3.25. The van der Waals surface area contributed by atoms with Gasteiger partial charge in [-0.1, -0.05) is 12.1 Å². The lowest BCUT2D eigenvalue weighted by Crippen LogP contribution is -2.05. The maximum atomic E-state index is 12.7. The summed E-state index contributed by atoms with van der Waals surface area (Å²) < 4.78 is 59.0. The van der Waals surface area contributed by atoms with E-state index in [0.717, 1.165) is 22.9 Å². The molecule has 0 radical (unpaired) electrons. The van der Waals surface area contributed by atoms with Crippen LogP contribution >= 0.6 is 11.3 Å². The summed E-state index contributed by atoms with van der Waals surface area (Å²) in [4.78, 5) is 4.40. The molecule has 3 rings (SSSR count). The quantitative estimate of drug-likeness (QED) is 0.458. The van der Waals surface area contributed by atoms with E-state index in [0.29, 0.717) is 10.8 Å². The molecule has 2 aromatic carbocycles. The topological polar surface area (TPSA) is 43.4 Å². The van der Waals surface area contributed by atoms with Crippen LogP contribution in [0.5, 0.6) is 11.5 Å². The van der Waals surface area contributed by atoms with Crippen LogP contribution in [-0.2, 0) is 0 Å². The average molecular weight is 412 g/mol. The van der Waals surface area contributed by atoms with Crippen LogP contribution in [0.3, 0.4) is 0 Å². The minimum absolute atomic E-state index is 0.243. The molecular weight excluding hydrogens is 396 g/mol. The molecule has 0 unspecified atom stereocenters. The number of ether oxygens (including phenoxy) is 2. The standard InChI is InChI=1S/C19H16F4N2O2S/c1-10-3-4-11(2)14(7-10)24-19-25-15(9-28-19)13-6-5-12(26-17(20)21)8-16(13)27-18(22)23/h3-9,17-18H,1-2H3,(H,24,25). The minimum Gasteiger partial charge on any atom is -0.435 e. The number of aryl methyl sites for hydroxylation is 2. The van der Waals surface area contributed by atoms with Crippen LogP contribution in [0.15, 0.2) is 41.8 Å². The van der Waals surface area contributed by atoms with Crippen LogP contribution in [0.2, 0.25) is 0 Å². The number of benzene rings is 2. The van der Waals surface area contributed by atoms with Crippen molar-refractivity contribution in [1.82, 2.24) is 4.98 Å². The summed E-state index contributed by atoms with van der Waals surface area (Å²) in [5.74, 6) is -0.574. The van der Waals surface area contributed by atoms with Crippen molar-refractivity contribution >= 4 is 22.2 Å². The molecule has 1 N–H and O–H groups in total. The lowest BCUT2D eigenvalue weighted by Gasteiger charge is -2.12. The van der Waals surface area contributed by atoms with Gasteiger partial charge in [-0.3, -0.25) is 0 Å². The molecule has 0 saturated heterocycles. The van der Waals surface area contributed by atoms with Gasteiger partial charge in [0.25, 0.3) is 0 Å². The molecule has 9 heteroatoms. The van der Waals surface area contributed by atoms with Gasteiger partial charge in [-0.2, -0.15) is 17.6 Å². The first kappa shape index (κ1) is 19.9. The Morgan fingerprint density at radius 3 is 2.43 bits per heavy atom. The van der Waals surface area contributed by atoms with E-state index in [1.165, 1.54) is 23.5 Å². The van der Waals surface area contributed by atoms with Crippen molar-refractivity contribution in [2.45, 2.75) is 27.1 Å². The number of anilines is 2. The summed E-state index contributed by atoms with van der Waals surface area (Å²) in [6.45, 7) is -2.27. The molecule has 0 spiro atoms. The Morgan fingerprint density at radius 2 is 1.71 bits per heavy atom. The molecular formula is C19H16F4N2O2S. The molecule has 3 aromatic rings. The van der Waals surface area contributed by atoms with Crippen LogP contribution in [0.25, 0.3) is 11.3 Å². The summed E-state index contributed by atoms with van der Waals surface area (Å²) >= 11 is 1.28. The van der Waals surface area contributed by atoms with Gasteiger partial charge in [-0.05, 0) is 43.2 Å². The summed E-state index contributed by atoms with van der Waals surface area (Å²) in [6, 6.07) is 9.53. The van der Waals surface area contributed by atoms with Gasteiger partial charge in [0.1, 0.15) is 11.5 Å². The predicted molar refractivity (Wildman–Crippen MR) is 100 cm³/mol. The fourth-order valence-electron chi connectivity index (χ4n) is 2.52. The van der Waals surface area contributed by atoms with E-state index in [2.05, 4.69) is 19.8 Å². The molecule has 4 nitrogen and oxygen atoms in total. The second-order valence-electron chi connectivity index (χ2n) is 5.90. The number of hydrogen-bond acceptors (Lipinski definition) is 5. The van der Waals surface area contributed by atoms with E-state index >= 15 is 0 Å². The third-order valence-electron chi connectivity index (χ3n) is 3.81. The van der Waals surface area contributed by atoms with E-state index < -0.39 is 13.2 Å². The van der Waals surface area contributed by atoms with Crippen molar-refractivity contribution in [2.24, 2.45) is 0 Å². The number of alkyl halides is 4. The summed E-state index contributed by atoms with van der Waals surface area (Å²) in [5.41, 5.74) is 3.60. The van der Waals surface area contributed by atoms with Crippen LogP contribution in [0, 0.1) is 13.8 Å². The van der Waals surface area contributed by atoms with E-state index in [-0.39, 0.29) is 17.1 Å². The Kier molecular flexibility index (Phi) is 6.03. The number of hydrogen-bond donors (Lipinski definition) is 1. The van der Waals surface area contributed by atoms with Crippen LogP contribution in [-0.4, -0.2) is 18.2 Å². The monoisotopic (exact) mass is 412 g/mol. The first-order valence-corrected chi connectivity index (χ1v) is 9.03. The van der Waals surface area contributed by atoms with Gasteiger partial charge in [0, 0.05) is 22.7 Å². The maximum Gasteiger partial charge on any atom is 0.387 e. The number of halogens is 4. The first-order valence-electron chi connectivity index (χ1n) is 8.15. The summed E-state index contributed by atoms with van der Waals surface area (Å²) in [6.07, 6.45) is 0. The van der Waals surface area contributed by atoms with E-state index in [1.807, 2.05) is 32.0 Å². The molecule has 0 aliphatic carbocycles. The van der Waals surface area contributed by atoms with Crippen LogP contribution in [0.1, 0.15) is 11.1 Å². The van der Waals surface area contributed by atoms with Gasteiger partial charge in [0.15, 0.2) is 5.13 Å². The fraction of sp³-hybridized carbons (Fsp3) is 0.211. The molecule has 0 aliphatic rings. The zero-order chi connectivity index (χ0) is 20.3. The lowest BCUT2D eigenvalue weighted by atomic mass is 10.1. The van der Waals surface area contributed by atoms with Gasteiger partial charge < -0.3 is 14.8 Å². The molecule has 0 fully saturated rings. The van der Waals surface area contributed by atoms with Crippen molar-refractivity contribution in [3.05, 3.63) is 52.9 Å². The van der Waals surface area contributed by atoms with Crippen molar-refractivity contribution in [3.8, 4) is 22.8 Å². The Balaban J connectivity index is 1.90. The van der Waals surface area contributed by atoms with Gasteiger partial charge in [-0.15, -0.1) is 11.3 Å². The van der Waals surface area contributed by atoms with Crippen molar-refractivity contribution in [3.63, 3.8) is 0 Å². The molecule has 0 bridgehead atoms. The summed E-state index contributed by atoms with van der Waals surface area (Å²) in [5, 5.41) is 5.41. The van der Waals surface area contributed by atoms with Crippen LogP contribution < -0.4 is 14.8 Å².